The lowest BCUT2D eigenvalue weighted by Gasteiger charge is -2.14. The molecule has 0 aliphatic heterocycles. The maximum atomic E-state index is 12.4. The van der Waals surface area contributed by atoms with E-state index in [-0.39, 0.29) is 17.1 Å². The smallest absolute Gasteiger partial charge is 0.237 e. The molecule has 8 heteroatoms. The third-order valence-electron chi connectivity index (χ3n) is 3.30. The van der Waals surface area contributed by atoms with Crippen molar-refractivity contribution in [3.05, 3.63) is 30.1 Å². The molecule has 24 heavy (non-hydrogen) atoms. The Morgan fingerprint density at radius 1 is 1.33 bits per heavy atom. The fourth-order valence-corrected chi connectivity index (χ4v) is 2.84. The minimum Gasteiger partial charge on any atom is -0.492 e. The molecule has 2 rings (SSSR count). The Balaban J connectivity index is 2.05. The Bertz CT molecular complexity index is 702. The number of carbonyl (C=O) groups excluding carboxylic acids is 1. The Morgan fingerprint density at radius 3 is 2.67 bits per heavy atom. The van der Waals surface area contributed by atoms with Crippen LogP contribution in [0, 0.1) is 0 Å². The van der Waals surface area contributed by atoms with Gasteiger partial charge in [0.15, 0.2) is 5.82 Å². The highest BCUT2D eigenvalue weighted by Crippen LogP contribution is 2.27. The summed E-state index contributed by atoms with van der Waals surface area (Å²) in [6, 6.07) is 7.34. The Hall–Kier alpha value is -2.22. The van der Waals surface area contributed by atoms with Gasteiger partial charge in [0.2, 0.25) is 11.1 Å². The Labute approximate surface area is 145 Å². The van der Waals surface area contributed by atoms with Crippen LogP contribution in [0.15, 0.2) is 29.4 Å². The molecule has 0 saturated carbocycles. The van der Waals surface area contributed by atoms with Crippen molar-refractivity contribution in [2.45, 2.75) is 44.0 Å². The van der Waals surface area contributed by atoms with Crippen LogP contribution in [0.3, 0.4) is 0 Å². The van der Waals surface area contributed by atoms with Crippen molar-refractivity contribution in [2.75, 3.05) is 17.8 Å². The number of anilines is 1. The van der Waals surface area contributed by atoms with Crippen molar-refractivity contribution >= 4 is 23.4 Å². The monoisotopic (exact) mass is 349 g/mol. The molecule has 0 saturated heterocycles. The zero-order valence-electron chi connectivity index (χ0n) is 14.3. The van der Waals surface area contributed by atoms with E-state index < -0.39 is 0 Å². The van der Waals surface area contributed by atoms with Gasteiger partial charge in [0, 0.05) is 5.92 Å². The molecule has 0 radical (unpaired) electrons. The summed E-state index contributed by atoms with van der Waals surface area (Å²) in [5.41, 5.74) is 0.647. The summed E-state index contributed by atoms with van der Waals surface area (Å²) in [4.78, 5) is 12.4. The average Bonchev–Trinajstić information content (AvgIpc) is 2.90. The number of carbonyl (C=O) groups is 1. The summed E-state index contributed by atoms with van der Waals surface area (Å²) in [5.74, 6) is 7.34. The zero-order chi connectivity index (χ0) is 17.7. The summed E-state index contributed by atoms with van der Waals surface area (Å²) in [5, 5.41) is 11.1. The van der Waals surface area contributed by atoms with Crippen LogP contribution in [0.25, 0.3) is 0 Å². The third-order valence-corrected chi connectivity index (χ3v) is 4.36. The first-order valence-electron chi connectivity index (χ1n) is 7.83. The van der Waals surface area contributed by atoms with E-state index in [4.69, 9.17) is 10.6 Å². The Kier molecular flexibility index (Phi) is 6.08. The maximum Gasteiger partial charge on any atom is 0.237 e. The van der Waals surface area contributed by atoms with Crippen molar-refractivity contribution < 1.29 is 9.53 Å². The zero-order valence-corrected chi connectivity index (χ0v) is 15.1. The minimum absolute atomic E-state index is 0.152. The summed E-state index contributed by atoms with van der Waals surface area (Å²) in [6.45, 7) is 8.21. The second-order valence-corrected chi connectivity index (χ2v) is 6.85. The van der Waals surface area contributed by atoms with E-state index in [0.29, 0.717) is 29.0 Å². The van der Waals surface area contributed by atoms with Gasteiger partial charge in [-0.15, -0.1) is 10.2 Å². The SMILES string of the molecule is CCOc1ccccc1NC(=O)[C@H](C)Sc1nnc(C(C)C)n1N. The summed E-state index contributed by atoms with van der Waals surface area (Å²) < 4.78 is 6.95. The van der Waals surface area contributed by atoms with Gasteiger partial charge in [0.1, 0.15) is 5.75 Å². The molecule has 1 amide bonds. The van der Waals surface area contributed by atoms with Crippen LogP contribution in [0.5, 0.6) is 5.75 Å². The number of aromatic nitrogens is 3. The number of nitrogens with two attached hydrogens (primary N) is 1. The molecule has 0 bridgehead atoms. The normalized spacial score (nSPS) is 12.2. The van der Waals surface area contributed by atoms with Gasteiger partial charge in [-0.2, -0.15) is 0 Å². The quantitative estimate of drug-likeness (QED) is 0.589. The van der Waals surface area contributed by atoms with Crippen molar-refractivity contribution in [1.82, 2.24) is 14.9 Å². The largest absolute Gasteiger partial charge is 0.492 e. The standard InChI is InChI=1S/C16H23N5O2S/c1-5-23-13-9-7-6-8-12(13)18-15(22)11(4)24-16-20-19-14(10(2)3)21(16)17/h6-11H,5,17H2,1-4H3,(H,18,22)/t11-/m0/s1. The highest BCUT2D eigenvalue weighted by molar-refractivity contribution is 8.00. The summed E-state index contributed by atoms with van der Waals surface area (Å²) in [7, 11) is 0. The molecule has 0 fully saturated rings. The Morgan fingerprint density at radius 2 is 2.04 bits per heavy atom. The predicted molar refractivity (Wildman–Crippen MR) is 95.8 cm³/mol. The lowest BCUT2D eigenvalue weighted by atomic mass is 10.2. The van der Waals surface area contributed by atoms with Crippen LogP contribution < -0.4 is 15.9 Å². The number of thioether (sulfide) groups is 1. The fourth-order valence-electron chi connectivity index (χ4n) is 2.06. The van der Waals surface area contributed by atoms with Gasteiger partial charge in [-0.05, 0) is 26.0 Å². The van der Waals surface area contributed by atoms with Crippen LogP contribution in [0.2, 0.25) is 0 Å². The molecule has 0 spiro atoms. The maximum absolute atomic E-state index is 12.4. The molecular formula is C16H23N5O2S. The van der Waals surface area contributed by atoms with Crippen LogP contribution in [0.1, 0.15) is 39.4 Å². The van der Waals surface area contributed by atoms with Crippen molar-refractivity contribution in [1.29, 1.82) is 0 Å². The summed E-state index contributed by atoms with van der Waals surface area (Å²) >= 11 is 1.27. The molecular weight excluding hydrogens is 326 g/mol. The van der Waals surface area contributed by atoms with Gasteiger partial charge in [-0.3, -0.25) is 4.79 Å². The van der Waals surface area contributed by atoms with E-state index in [1.165, 1.54) is 16.4 Å². The molecule has 2 aromatic rings. The number of nitrogen functional groups attached to an aromatic ring is 1. The van der Waals surface area contributed by atoms with Crippen LogP contribution >= 0.6 is 11.8 Å². The molecule has 1 aromatic heterocycles. The van der Waals surface area contributed by atoms with E-state index in [0.717, 1.165) is 0 Å². The molecule has 0 unspecified atom stereocenters. The fraction of sp³-hybridized carbons (Fsp3) is 0.438. The lowest BCUT2D eigenvalue weighted by Crippen LogP contribution is -2.24. The number of benzene rings is 1. The molecule has 1 heterocycles. The highest BCUT2D eigenvalue weighted by atomic mass is 32.2. The third kappa shape index (κ3) is 4.19. The predicted octanol–water partition coefficient (Wildman–Crippen LogP) is 2.63. The van der Waals surface area contributed by atoms with Gasteiger partial charge < -0.3 is 15.9 Å². The van der Waals surface area contributed by atoms with Crippen LogP contribution in [-0.4, -0.2) is 32.6 Å². The van der Waals surface area contributed by atoms with E-state index in [2.05, 4.69) is 15.5 Å². The lowest BCUT2D eigenvalue weighted by molar-refractivity contribution is -0.115. The van der Waals surface area contributed by atoms with Crippen LogP contribution in [-0.2, 0) is 4.79 Å². The van der Waals surface area contributed by atoms with E-state index in [9.17, 15) is 4.79 Å². The number of hydrogen-bond acceptors (Lipinski definition) is 6. The molecule has 0 aliphatic carbocycles. The van der Waals surface area contributed by atoms with Gasteiger partial charge in [0.25, 0.3) is 0 Å². The first-order valence-corrected chi connectivity index (χ1v) is 8.71. The van der Waals surface area contributed by atoms with E-state index >= 15 is 0 Å². The highest BCUT2D eigenvalue weighted by Gasteiger charge is 2.21. The van der Waals surface area contributed by atoms with Crippen molar-refractivity contribution in [3.8, 4) is 5.75 Å². The summed E-state index contributed by atoms with van der Waals surface area (Å²) in [6.07, 6.45) is 0. The number of ether oxygens (including phenoxy) is 1. The number of hydrogen-bond donors (Lipinski definition) is 2. The van der Waals surface area contributed by atoms with Gasteiger partial charge in [-0.1, -0.05) is 37.7 Å². The molecule has 130 valence electrons. The van der Waals surface area contributed by atoms with Gasteiger partial charge >= 0.3 is 0 Å². The topological polar surface area (TPSA) is 95.1 Å². The average molecular weight is 349 g/mol. The number of rotatable bonds is 7. The number of amides is 1. The van der Waals surface area contributed by atoms with Gasteiger partial charge in [-0.25, -0.2) is 4.68 Å². The van der Waals surface area contributed by atoms with Crippen molar-refractivity contribution in [3.63, 3.8) is 0 Å². The molecule has 1 aromatic carbocycles. The second-order valence-electron chi connectivity index (χ2n) is 5.54. The first kappa shape index (κ1) is 18.1. The molecule has 3 N–H and O–H groups in total. The molecule has 0 aliphatic rings. The number of nitrogens with one attached hydrogen (secondary N) is 1. The van der Waals surface area contributed by atoms with Crippen molar-refractivity contribution in [2.24, 2.45) is 0 Å². The molecule has 1 atom stereocenters. The second kappa shape index (κ2) is 8.05. The number of nitrogens with zero attached hydrogens (tertiary/aromatic N) is 3. The number of para-hydroxylation sites is 2. The van der Waals surface area contributed by atoms with Crippen LogP contribution in [0.4, 0.5) is 5.69 Å². The van der Waals surface area contributed by atoms with E-state index in [1.807, 2.05) is 45.0 Å². The molecule has 7 nitrogen and oxygen atoms in total. The minimum atomic E-state index is -0.383. The first-order chi connectivity index (χ1) is 11.4. The van der Waals surface area contributed by atoms with Gasteiger partial charge in [0.05, 0.1) is 17.5 Å². The van der Waals surface area contributed by atoms with E-state index in [1.54, 1.807) is 6.92 Å².